The van der Waals surface area contributed by atoms with E-state index in [0.29, 0.717) is 5.56 Å². The minimum absolute atomic E-state index is 0.151. The Morgan fingerprint density at radius 2 is 1.37 bits per heavy atom. The number of benzene rings is 1. The Balaban J connectivity index is 2.75. The van der Waals surface area contributed by atoms with Gasteiger partial charge in [0.25, 0.3) is 10.1 Å². The third-order valence-corrected chi connectivity index (χ3v) is 7.69. The van der Waals surface area contributed by atoms with E-state index in [2.05, 4.69) is 0 Å². The number of hydrogen-bond acceptors (Lipinski definition) is 7. The maximum absolute atomic E-state index is 14.3. The molecule has 1 aliphatic rings. The van der Waals surface area contributed by atoms with Crippen LogP contribution in [0.3, 0.4) is 0 Å². The summed E-state index contributed by atoms with van der Waals surface area (Å²) in [6.07, 6.45) is -1.73. The van der Waals surface area contributed by atoms with Gasteiger partial charge in [-0.25, -0.2) is 9.59 Å². The smallest absolute Gasteiger partial charge is 0.411 e. The third kappa shape index (κ3) is 7.29. The van der Waals surface area contributed by atoms with E-state index >= 15 is 0 Å². The van der Waals surface area contributed by atoms with Crippen molar-refractivity contribution in [2.45, 2.75) is 112 Å². The van der Waals surface area contributed by atoms with Gasteiger partial charge in [0.05, 0.1) is 6.54 Å². The van der Waals surface area contributed by atoms with Gasteiger partial charge in [-0.15, -0.1) is 0 Å². The number of carbonyl (C=O) groups is 2. The van der Waals surface area contributed by atoms with E-state index in [1.807, 2.05) is 41.5 Å². The molecule has 1 heterocycles. The van der Waals surface area contributed by atoms with Crippen LogP contribution in [0.2, 0.25) is 0 Å². The molecule has 1 unspecified atom stereocenters. The van der Waals surface area contributed by atoms with Crippen LogP contribution in [0.5, 0.6) is 0 Å². The lowest BCUT2D eigenvalue weighted by molar-refractivity contribution is -0.184. The predicted octanol–water partition coefficient (Wildman–Crippen LogP) is 5.94. The highest BCUT2D eigenvalue weighted by Gasteiger charge is 2.71. The van der Waals surface area contributed by atoms with Crippen molar-refractivity contribution in [3.63, 3.8) is 0 Å². The number of nitrogens with zero attached hydrogens (tertiary/aromatic N) is 1. The van der Waals surface area contributed by atoms with Crippen LogP contribution in [-0.2, 0) is 34.3 Å². The summed E-state index contributed by atoms with van der Waals surface area (Å²) < 4.78 is 44.3. The second kappa shape index (κ2) is 10.5. The summed E-state index contributed by atoms with van der Waals surface area (Å²) in [7, 11) is -4.08. The van der Waals surface area contributed by atoms with Crippen LogP contribution in [0.1, 0.15) is 88.6 Å². The Hall–Kier alpha value is -2.13. The molecule has 0 bridgehead atoms. The molecule has 2 rings (SSSR count). The number of rotatable bonds is 5. The van der Waals surface area contributed by atoms with Gasteiger partial charge in [0.1, 0.15) is 23.1 Å². The minimum Gasteiger partial charge on any atom is -0.458 e. The van der Waals surface area contributed by atoms with Gasteiger partial charge in [0.15, 0.2) is 5.54 Å². The van der Waals surface area contributed by atoms with Crippen molar-refractivity contribution in [2.24, 2.45) is 16.7 Å². The molecule has 1 aliphatic heterocycles. The summed E-state index contributed by atoms with van der Waals surface area (Å²) in [4.78, 5) is 29.4. The van der Waals surface area contributed by atoms with Crippen molar-refractivity contribution in [1.82, 2.24) is 4.90 Å². The maximum atomic E-state index is 14.3. The molecule has 1 amide bonds. The average molecular weight is 554 g/mol. The largest absolute Gasteiger partial charge is 0.458 e. The fourth-order valence-corrected chi connectivity index (χ4v) is 6.66. The Kier molecular flexibility index (Phi) is 8.82. The molecule has 1 saturated heterocycles. The van der Waals surface area contributed by atoms with Crippen LogP contribution in [0, 0.1) is 16.7 Å². The second-order valence-corrected chi connectivity index (χ2v) is 15.9. The maximum Gasteiger partial charge on any atom is 0.411 e. The van der Waals surface area contributed by atoms with Gasteiger partial charge < -0.3 is 9.47 Å². The van der Waals surface area contributed by atoms with Crippen LogP contribution < -0.4 is 0 Å². The number of carbonyl (C=O) groups excluding carboxylic acids is 2. The van der Waals surface area contributed by atoms with Crippen molar-refractivity contribution in [3.05, 3.63) is 35.9 Å². The fourth-order valence-electron chi connectivity index (χ4n) is 5.44. The lowest BCUT2D eigenvalue weighted by Crippen LogP contribution is -2.67. The van der Waals surface area contributed by atoms with Crippen LogP contribution in [0.15, 0.2) is 30.3 Å². The van der Waals surface area contributed by atoms with Gasteiger partial charge in [-0.3, -0.25) is 9.08 Å². The first kappa shape index (κ1) is 32.1. The highest BCUT2D eigenvalue weighted by molar-refractivity contribution is 7.85. The van der Waals surface area contributed by atoms with E-state index in [1.165, 1.54) is 4.90 Å². The molecule has 3 atom stereocenters. The first-order valence-electron chi connectivity index (χ1n) is 13.1. The molecular weight excluding hydrogens is 506 g/mol. The van der Waals surface area contributed by atoms with Crippen molar-refractivity contribution < 1.29 is 31.7 Å². The Bertz CT molecular complexity index is 1100. The summed E-state index contributed by atoms with van der Waals surface area (Å²) in [5, 5.41) is 0. The molecule has 1 aromatic carbocycles. The normalized spacial score (nSPS) is 23.3. The molecule has 0 saturated carbocycles. The number of hydrogen-bond donors (Lipinski definition) is 0. The average Bonchev–Trinajstić information content (AvgIpc) is 3.01. The molecule has 9 heteroatoms. The number of likely N-dealkylation sites (tertiary alicyclic amines) is 1. The van der Waals surface area contributed by atoms with Crippen molar-refractivity contribution >= 4 is 22.2 Å². The van der Waals surface area contributed by atoms with Gasteiger partial charge in [-0.1, -0.05) is 71.9 Å². The van der Waals surface area contributed by atoms with Crippen LogP contribution in [-0.4, -0.2) is 54.8 Å². The molecule has 216 valence electrons. The minimum atomic E-state index is -4.08. The van der Waals surface area contributed by atoms with Gasteiger partial charge in [0.2, 0.25) is 0 Å². The zero-order chi connectivity index (χ0) is 29.5. The molecule has 8 nitrogen and oxygen atoms in total. The lowest BCUT2D eigenvalue weighted by atomic mass is 9.58. The van der Waals surface area contributed by atoms with Crippen molar-refractivity contribution in [3.8, 4) is 0 Å². The van der Waals surface area contributed by atoms with Gasteiger partial charge >= 0.3 is 12.1 Å². The zero-order valence-corrected chi connectivity index (χ0v) is 26.0. The quantitative estimate of drug-likeness (QED) is 0.329. The molecule has 1 aromatic rings. The highest BCUT2D eigenvalue weighted by Crippen LogP contribution is 2.56. The Morgan fingerprint density at radius 3 is 1.79 bits per heavy atom. The predicted molar refractivity (Wildman–Crippen MR) is 148 cm³/mol. The van der Waals surface area contributed by atoms with E-state index in [0.717, 1.165) is 0 Å². The highest BCUT2D eigenvalue weighted by atomic mass is 32.2. The Morgan fingerprint density at radius 1 is 0.868 bits per heavy atom. The second-order valence-electron chi connectivity index (χ2n) is 14.3. The lowest BCUT2D eigenvalue weighted by Gasteiger charge is -2.52. The third-order valence-electron chi connectivity index (χ3n) is 6.47. The summed E-state index contributed by atoms with van der Waals surface area (Å²) in [5.41, 5.74) is -4.26. The van der Waals surface area contributed by atoms with Gasteiger partial charge in [0, 0.05) is 5.92 Å². The van der Waals surface area contributed by atoms with Gasteiger partial charge in [-0.05, 0) is 57.9 Å². The summed E-state index contributed by atoms with van der Waals surface area (Å²) in [5.74, 6) is -1.69. The first-order chi connectivity index (χ1) is 16.9. The molecule has 0 N–H and O–H groups in total. The number of amides is 1. The molecule has 0 radical (unpaired) electrons. The topological polar surface area (TPSA) is 99.2 Å². The van der Waals surface area contributed by atoms with E-state index in [-0.39, 0.29) is 12.3 Å². The monoisotopic (exact) mass is 553 g/mol. The van der Waals surface area contributed by atoms with E-state index in [9.17, 15) is 18.0 Å². The summed E-state index contributed by atoms with van der Waals surface area (Å²) >= 11 is 0. The zero-order valence-electron chi connectivity index (χ0n) is 25.2. The van der Waals surface area contributed by atoms with E-state index in [1.54, 1.807) is 71.9 Å². The molecule has 0 aliphatic carbocycles. The van der Waals surface area contributed by atoms with E-state index < -0.39 is 61.8 Å². The van der Waals surface area contributed by atoms with Crippen molar-refractivity contribution in [1.29, 1.82) is 0 Å². The molecular formula is C29H47NO7S. The fraction of sp³-hybridized carbons (Fsp3) is 0.724. The van der Waals surface area contributed by atoms with E-state index in [4.69, 9.17) is 13.7 Å². The van der Waals surface area contributed by atoms with Crippen LogP contribution in [0.25, 0.3) is 0 Å². The summed E-state index contributed by atoms with van der Waals surface area (Å²) in [6.45, 7) is 21.7. The number of ether oxygens (including phenoxy) is 2. The molecule has 1 fully saturated rings. The SMILES string of the molecule is CC(C)(C)OC(=O)N1C[C@H](OS(=O)(=O)Cc2ccccc2)C(C(C)(C)C)[C@@]1(C(=O)OC(C)(C)C)C(C)(C)C. The summed E-state index contributed by atoms with van der Waals surface area (Å²) in [6, 6.07) is 8.75. The standard InChI is InChI=1S/C29H47NO7S/c1-25(2,3)22-21(37-38(33,34)19-20-16-14-13-15-17-20)18-30(24(32)36-28(10,11)12)29(22,26(4,5)6)23(31)35-27(7,8)9/h13-17,21-22H,18-19H2,1-12H3/t21-,22?,29+/m0/s1. The van der Waals surface area contributed by atoms with Crippen LogP contribution >= 0.6 is 0 Å². The number of esters is 1. The van der Waals surface area contributed by atoms with Gasteiger partial charge in [-0.2, -0.15) is 8.42 Å². The Labute approximate surface area is 229 Å². The first-order valence-corrected chi connectivity index (χ1v) is 14.7. The molecule has 0 spiro atoms. The molecule has 0 aromatic heterocycles. The van der Waals surface area contributed by atoms with Crippen molar-refractivity contribution in [2.75, 3.05) is 6.54 Å². The molecule has 38 heavy (non-hydrogen) atoms. The van der Waals surface area contributed by atoms with Crippen LogP contribution in [0.4, 0.5) is 4.79 Å².